The maximum atomic E-state index is 6.38. The second-order valence-corrected chi connectivity index (χ2v) is 9.58. The van der Waals surface area contributed by atoms with Crippen LogP contribution in [-0.4, -0.2) is 13.2 Å². The van der Waals surface area contributed by atoms with Gasteiger partial charge >= 0.3 is 0 Å². The Morgan fingerprint density at radius 2 is 0.679 bits per heavy atom. The molecule has 0 fully saturated rings. The van der Waals surface area contributed by atoms with Crippen molar-refractivity contribution in [2.75, 3.05) is 13.2 Å². The zero-order chi connectivity index (χ0) is 20.2. The Hall–Kier alpha value is 0.740. The van der Waals surface area contributed by atoms with E-state index >= 15 is 0 Å². The first-order valence-electron chi connectivity index (χ1n) is 10.5. The van der Waals surface area contributed by atoms with E-state index in [9.17, 15) is 0 Å². The zero-order valence-electron chi connectivity index (χ0n) is 16.6. The maximum Gasteiger partial charge on any atom is 0.128 e. The highest BCUT2D eigenvalue weighted by Gasteiger charge is 2.24. The molecule has 2 heterocycles. The molecule has 0 atom stereocenters. The van der Waals surface area contributed by atoms with Crippen molar-refractivity contribution in [1.82, 2.24) is 0 Å². The van der Waals surface area contributed by atoms with E-state index in [1.165, 1.54) is 73.6 Å². The van der Waals surface area contributed by atoms with Gasteiger partial charge in [0.25, 0.3) is 0 Å². The zero-order valence-corrected chi connectivity index (χ0v) is 23.0. The maximum absolute atomic E-state index is 6.38. The summed E-state index contributed by atoms with van der Waals surface area (Å²) in [7, 11) is 0. The molecule has 1 aromatic carbocycles. The van der Waals surface area contributed by atoms with Gasteiger partial charge < -0.3 is 9.47 Å². The molecule has 0 saturated heterocycles. The SMILES string of the molecule is BrCc1c(CBr)c2c(CBr)c(CBr)c1OCCCCCCCCCCCCO2. The Bertz CT molecular complexity index is 508. The Balaban J connectivity index is 2.36. The predicted octanol–water partition coefficient (Wildman–Crippen LogP) is 8.94. The van der Waals surface area contributed by atoms with Crippen molar-refractivity contribution in [2.24, 2.45) is 0 Å². The molecule has 0 unspecified atom stereocenters. The first kappa shape index (κ1) is 25.0. The number of benzene rings is 1. The van der Waals surface area contributed by atoms with Crippen LogP contribution in [0.4, 0.5) is 0 Å². The second-order valence-electron chi connectivity index (χ2n) is 7.34. The topological polar surface area (TPSA) is 18.5 Å². The molecule has 6 heteroatoms. The van der Waals surface area contributed by atoms with Gasteiger partial charge in [-0.3, -0.25) is 0 Å². The van der Waals surface area contributed by atoms with E-state index in [4.69, 9.17) is 9.47 Å². The molecule has 0 radical (unpaired) electrons. The molecule has 160 valence electrons. The van der Waals surface area contributed by atoms with E-state index in [0.717, 1.165) is 58.9 Å². The fourth-order valence-electron chi connectivity index (χ4n) is 3.79. The summed E-state index contributed by atoms with van der Waals surface area (Å²) in [6, 6.07) is 0. The van der Waals surface area contributed by atoms with E-state index in [1.54, 1.807) is 0 Å². The van der Waals surface area contributed by atoms with Crippen molar-refractivity contribution < 1.29 is 9.47 Å². The van der Waals surface area contributed by atoms with Gasteiger partial charge in [0.1, 0.15) is 11.5 Å². The van der Waals surface area contributed by atoms with Gasteiger partial charge in [-0.05, 0) is 12.8 Å². The molecule has 2 nitrogen and oxygen atoms in total. The van der Waals surface area contributed by atoms with Crippen molar-refractivity contribution in [3.63, 3.8) is 0 Å². The van der Waals surface area contributed by atoms with Crippen LogP contribution in [0.25, 0.3) is 0 Å². The van der Waals surface area contributed by atoms with E-state index in [-0.39, 0.29) is 0 Å². The lowest BCUT2D eigenvalue weighted by molar-refractivity contribution is 0.288. The summed E-state index contributed by atoms with van der Waals surface area (Å²) < 4.78 is 12.8. The fourth-order valence-corrected chi connectivity index (χ4v) is 6.17. The van der Waals surface area contributed by atoms with Crippen molar-refractivity contribution in [3.05, 3.63) is 22.3 Å². The molecule has 28 heavy (non-hydrogen) atoms. The number of ether oxygens (including phenoxy) is 2. The van der Waals surface area contributed by atoms with Crippen LogP contribution in [-0.2, 0) is 21.3 Å². The standard InChI is InChI=1S/C22H32Br4O2/c23-13-17-19(15-25)22-20(16-26)18(14-24)21(17)27-11-9-7-5-3-1-2-4-6-8-10-12-28-22/h1-16H2. The lowest BCUT2D eigenvalue weighted by Gasteiger charge is -2.24. The van der Waals surface area contributed by atoms with E-state index in [2.05, 4.69) is 63.7 Å². The quantitative estimate of drug-likeness (QED) is 0.304. The summed E-state index contributed by atoms with van der Waals surface area (Å²) in [5.41, 5.74) is 4.86. The first-order chi connectivity index (χ1) is 13.8. The first-order valence-corrected chi connectivity index (χ1v) is 15.0. The van der Waals surface area contributed by atoms with Gasteiger partial charge in [-0.25, -0.2) is 0 Å². The van der Waals surface area contributed by atoms with Crippen molar-refractivity contribution in [1.29, 1.82) is 0 Å². The van der Waals surface area contributed by atoms with Gasteiger partial charge in [0.2, 0.25) is 0 Å². The van der Waals surface area contributed by atoms with Crippen LogP contribution in [0.5, 0.6) is 11.5 Å². The molecule has 1 aromatic rings. The molecule has 0 N–H and O–H groups in total. The summed E-state index contributed by atoms with van der Waals surface area (Å²) >= 11 is 14.8. The summed E-state index contributed by atoms with van der Waals surface area (Å²) in [6.07, 6.45) is 12.9. The normalized spacial score (nSPS) is 17.4. The number of hydrogen-bond donors (Lipinski definition) is 0. The van der Waals surface area contributed by atoms with Crippen LogP contribution in [0.2, 0.25) is 0 Å². The number of hydrogen-bond acceptors (Lipinski definition) is 2. The van der Waals surface area contributed by atoms with Crippen molar-refractivity contribution in [2.45, 2.75) is 85.5 Å². The minimum atomic E-state index is 0.766. The smallest absolute Gasteiger partial charge is 0.128 e. The summed E-state index contributed by atoms with van der Waals surface area (Å²) in [4.78, 5) is 0. The highest BCUT2D eigenvalue weighted by Crippen LogP contribution is 2.43. The monoisotopic (exact) mass is 644 g/mol. The Labute approximate surface area is 204 Å². The van der Waals surface area contributed by atoms with Crippen molar-refractivity contribution in [3.8, 4) is 11.5 Å². The number of rotatable bonds is 4. The van der Waals surface area contributed by atoms with Crippen LogP contribution >= 0.6 is 63.7 Å². The van der Waals surface area contributed by atoms with E-state index < -0.39 is 0 Å². The lowest BCUT2D eigenvalue weighted by atomic mass is 9.98. The Morgan fingerprint density at radius 3 is 0.929 bits per heavy atom. The Morgan fingerprint density at radius 1 is 0.429 bits per heavy atom. The third kappa shape index (κ3) is 7.16. The van der Waals surface area contributed by atoms with Gasteiger partial charge in [-0.2, -0.15) is 0 Å². The average molecular weight is 648 g/mol. The lowest BCUT2D eigenvalue weighted by Crippen LogP contribution is -2.11. The number of halogens is 4. The fraction of sp³-hybridized carbons (Fsp3) is 0.727. The average Bonchev–Trinajstić information content (AvgIpc) is 2.72. The highest BCUT2D eigenvalue weighted by atomic mass is 79.9. The third-order valence-electron chi connectivity index (χ3n) is 5.39. The minimum absolute atomic E-state index is 0.766. The predicted molar refractivity (Wildman–Crippen MR) is 134 cm³/mol. The molecule has 3 rings (SSSR count). The van der Waals surface area contributed by atoms with Crippen molar-refractivity contribution >= 4 is 63.7 Å². The number of alkyl halides is 4. The summed E-state index contributed by atoms with van der Waals surface area (Å²) in [5, 5.41) is 3.06. The van der Waals surface area contributed by atoms with Crippen LogP contribution in [0.15, 0.2) is 0 Å². The number of fused-ring (bicyclic) bond motifs is 15. The molecule has 0 amide bonds. The molecule has 0 spiro atoms. The molecular weight excluding hydrogens is 616 g/mol. The minimum Gasteiger partial charge on any atom is -0.493 e. The molecule has 0 saturated carbocycles. The molecular formula is C22H32Br4O2. The summed E-state index contributed by atoms with van der Waals surface area (Å²) in [6.45, 7) is 1.56. The van der Waals surface area contributed by atoms with Crippen LogP contribution < -0.4 is 9.47 Å². The van der Waals surface area contributed by atoms with Gasteiger partial charge in [0.05, 0.1) is 13.2 Å². The molecule has 0 aromatic heterocycles. The largest absolute Gasteiger partial charge is 0.493 e. The molecule has 2 aliphatic rings. The highest BCUT2D eigenvalue weighted by molar-refractivity contribution is 9.09. The van der Waals surface area contributed by atoms with Gasteiger partial charge in [0.15, 0.2) is 0 Å². The Kier molecular flexibility index (Phi) is 13.1. The van der Waals surface area contributed by atoms with Gasteiger partial charge in [-0.1, -0.05) is 115 Å². The molecule has 2 bridgehead atoms. The van der Waals surface area contributed by atoms with Crippen LogP contribution in [0.1, 0.15) is 86.5 Å². The van der Waals surface area contributed by atoms with E-state index in [0.29, 0.717) is 0 Å². The van der Waals surface area contributed by atoms with Gasteiger partial charge in [0, 0.05) is 43.6 Å². The summed E-state index contributed by atoms with van der Waals surface area (Å²) in [5.74, 6) is 2.07. The molecule has 2 aliphatic heterocycles. The second kappa shape index (κ2) is 14.7. The third-order valence-corrected chi connectivity index (χ3v) is 7.63. The van der Waals surface area contributed by atoms with Gasteiger partial charge in [-0.15, -0.1) is 0 Å². The molecule has 0 aliphatic carbocycles. The van der Waals surface area contributed by atoms with Crippen LogP contribution in [0, 0.1) is 0 Å². The van der Waals surface area contributed by atoms with E-state index in [1.807, 2.05) is 0 Å². The van der Waals surface area contributed by atoms with Crippen LogP contribution in [0.3, 0.4) is 0 Å².